The van der Waals surface area contributed by atoms with Crippen molar-refractivity contribution >= 4 is 19.9 Å². The van der Waals surface area contributed by atoms with Gasteiger partial charge in [-0.25, -0.2) is 21.1 Å². The summed E-state index contributed by atoms with van der Waals surface area (Å²) in [5.41, 5.74) is 0. The highest BCUT2D eigenvalue weighted by molar-refractivity contribution is 7.95. The lowest BCUT2D eigenvalue weighted by atomic mass is 9.98. The summed E-state index contributed by atoms with van der Waals surface area (Å²) < 4.78 is 49.1. The van der Waals surface area contributed by atoms with Crippen molar-refractivity contribution < 1.29 is 16.8 Å². The molecule has 1 N–H and O–H groups in total. The van der Waals surface area contributed by atoms with Crippen LogP contribution in [-0.4, -0.2) is 64.6 Å². The fourth-order valence-electron chi connectivity index (χ4n) is 2.86. The van der Waals surface area contributed by atoms with E-state index >= 15 is 0 Å². The van der Waals surface area contributed by atoms with E-state index in [1.807, 2.05) is 7.05 Å². The van der Waals surface area contributed by atoms with Crippen molar-refractivity contribution in [3.63, 3.8) is 0 Å². The molecule has 112 valence electrons. The van der Waals surface area contributed by atoms with E-state index in [2.05, 4.69) is 5.32 Å². The summed E-state index contributed by atoms with van der Waals surface area (Å²) in [6.45, 7) is 1.95. The van der Waals surface area contributed by atoms with Gasteiger partial charge in [0.2, 0.25) is 10.0 Å². The van der Waals surface area contributed by atoms with E-state index in [1.54, 1.807) is 0 Å². The molecule has 0 aromatic heterocycles. The number of piperidine rings is 1. The zero-order chi connectivity index (χ0) is 14.1. The molecule has 1 unspecified atom stereocenters. The molecule has 6 nitrogen and oxygen atoms in total. The van der Waals surface area contributed by atoms with Crippen molar-refractivity contribution in [2.75, 3.05) is 38.2 Å². The quantitative estimate of drug-likeness (QED) is 0.752. The van der Waals surface area contributed by atoms with E-state index < -0.39 is 25.1 Å². The monoisotopic (exact) mass is 310 g/mol. The van der Waals surface area contributed by atoms with Crippen LogP contribution >= 0.6 is 0 Å². The van der Waals surface area contributed by atoms with Gasteiger partial charge in [-0.1, -0.05) is 0 Å². The number of nitrogens with one attached hydrogen (secondary N) is 1. The van der Waals surface area contributed by atoms with Crippen molar-refractivity contribution in [1.29, 1.82) is 0 Å². The third-order valence-corrected chi connectivity index (χ3v) is 8.35. The highest BCUT2D eigenvalue weighted by Gasteiger charge is 2.41. The molecule has 2 rings (SSSR count). The Balaban J connectivity index is 1.98. The van der Waals surface area contributed by atoms with Gasteiger partial charge < -0.3 is 5.32 Å². The topological polar surface area (TPSA) is 83.6 Å². The van der Waals surface area contributed by atoms with E-state index in [0.717, 1.165) is 19.4 Å². The number of hydrogen-bond donors (Lipinski definition) is 1. The van der Waals surface area contributed by atoms with Crippen LogP contribution in [0.2, 0.25) is 0 Å². The van der Waals surface area contributed by atoms with E-state index in [-0.39, 0.29) is 17.9 Å². The molecule has 1 atom stereocenters. The highest BCUT2D eigenvalue weighted by atomic mass is 32.2. The second kappa shape index (κ2) is 5.67. The van der Waals surface area contributed by atoms with Crippen LogP contribution < -0.4 is 5.32 Å². The molecule has 0 aromatic carbocycles. The van der Waals surface area contributed by atoms with Crippen molar-refractivity contribution in [3.05, 3.63) is 0 Å². The molecule has 0 radical (unpaired) electrons. The highest BCUT2D eigenvalue weighted by Crippen LogP contribution is 2.26. The summed E-state index contributed by atoms with van der Waals surface area (Å²) in [4.78, 5) is 0. The molecular formula is C11H22N2O4S2. The van der Waals surface area contributed by atoms with Crippen LogP contribution in [0.1, 0.15) is 19.3 Å². The van der Waals surface area contributed by atoms with Gasteiger partial charge in [0.25, 0.3) is 0 Å². The fraction of sp³-hybridized carbons (Fsp3) is 1.00. The Kier molecular flexibility index (Phi) is 4.54. The molecule has 0 saturated carbocycles. The van der Waals surface area contributed by atoms with Gasteiger partial charge in [0.15, 0.2) is 9.84 Å². The molecule has 0 aromatic rings. The summed E-state index contributed by atoms with van der Waals surface area (Å²) in [5, 5.41) is 2.39. The van der Waals surface area contributed by atoms with Gasteiger partial charge in [-0.15, -0.1) is 0 Å². The smallest absolute Gasteiger partial charge is 0.218 e. The number of sulfonamides is 1. The minimum absolute atomic E-state index is 0.00706. The lowest BCUT2D eigenvalue weighted by molar-refractivity contribution is 0.269. The van der Waals surface area contributed by atoms with Gasteiger partial charge >= 0.3 is 0 Å². The average Bonchev–Trinajstić information content (AvgIpc) is 2.71. The summed E-state index contributed by atoms with van der Waals surface area (Å²) in [5.74, 6) is 0.322. The van der Waals surface area contributed by atoms with Crippen molar-refractivity contribution in [2.24, 2.45) is 5.92 Å². The van der Waals surface area contributed by atoms with Crippen LogP contribution in [0.25, 0.3) is 0 Å². The SMILES string of the molecule is CNCC1CCN(S(=O)(=O)C2CCS(=O)(=O)C2)CC1. The van der Waals surface area contributed by atoms with E-state index in [4.69, 9.17) is 0 Å². The summed E-state index contributed by atoms with van der Waals surface area (Å²) >= 11 is 0. The molecule has 0 aliphatic carbocycles. The minimum Gasteiger partial charge on any atom is -0.319 e. The molecule has 2 fully saturated rings. The van der Waals surface area contributed by atoms with E-state index in [0.29, 0.717) is 19.0 Å². The standard InChI is InChI=1S/C11H22N2O4S2/c1-12-8-10-2-5-13(6-3-10)19(16,17)11-4-7-18(14,15)9-11/h10-12H,2-9H2,1H3. The van der Waals surface area contributed by atoms with Crippen LogP contribution in [0.5, 0.6) is 0 Å². The first-order chi connectivity index (χ1) is 8.85. The maximum atomic E-state index is 12.4. The number of rotatable bonds is 4. The minimum atomic E-state index is -3.44. The van der Waals surface area contributed by atoms with E-state index in [9.17, 15) is 16.8 Å². The number of sulfone groups is 1. The Bertz CT molecular complexity index is 507. The Morgan fingerprint density at radius 3 is 2.32 bits per heavy atom. The van der Waals surface area contributed by atoms with Gasteiger partial charge in [0.05, 0.1) is 16.8 Å². The molecule has 0 spiro atoms. The van der Waals surface area contributed by atoms with Crippen LogP contribution in [0, 0.1) is 5.92 Å². The zero-order valence-corrected chi connectivity index (χ0v) is 12.8. The first-order valence-corrected chi connectivity index (χ1v) is 10.0. The second-order valence-electron chi connectivity index (χ2n) is 5.47. The Morgan fingerprint density at radius 2 is 1.84 bits per heavy atom. The maximum absolute atomic E-state index is 12.4. The third-order valence-electron chi connectivity index (χ3n) is 4.04. The zero-order valence-electron chi connectivity index (χ0n) is 11.2. The Morgan fingerprint density at radius 1 is 1.21 bits per heavy atom. The predicted octanol–water partition coefficient (Wildman–Crippen LogP) is -0.565. The lowest BCUT2D eigenvalue weighted by Crippen LogP contribution is -2.45. The third kappa shape index (κ3) is 3.48. The molecule has 0 amide bonds. The molecule has 19 heavy (non-hydrogen) atoms. The Labute approximate surface area is 115 Å². The van der Waals surface area contributed by atoms with Gasteiger partial charge in [0.1, 0.15) is 0 Å². The van der Waals surface area contributed by atoms with E-state index in [1.165, 1.54) is 4.31 Å². The fourth-order valence-corrected chi connectivity index (χ4v) is 7.42. The molecule has 2 heterocycles. The molecular weight excluding hydrogens is 288 g/mol. The number of hydrogen-bond acceptors (Lipinski definition) is 5. The van der Waals surface area contributed by atoms with Crippen molar-refractivity contribution in [3.8, 4) is 0 Å². The summed E-state index contributed by atoms with van der Waals surface area (Å²) in [6, 6.07) is 0. The first-order valence-electron chi connectivity index (χ1n) is 6.69. The van der Waals surface area contributed by atoms with Crippen molar-refractivity contribution in [1.82, 2.24) is 9.62 Å². The average molecular weight is 310 g/mol. The summed E-state index contributed by atoms with van der Waals surface area (Å²) in [7, 11) is -4.69. The van der Waals surface area contributed by atoms with Gasteiger partial charge in [-0.05, 0) is 38.8 Å². The molecule has 2 saturated heterocycles. The molecule has 2 aliphatic heterocycles. The van der Waals surface area contributed by atoms with Crippen LogP contribution in [0.3, 0.4) is 0 Å². The molecule has 8 heteroatoms. The first kappa shape index (κ1) is 15.2. The largest absolute Gasteiger partial charge is 0.319 e. The number of nitrogens with zero attached hydrogens (tertiary/aromatic N) is 1. The van der Waals surface area contributed by atoms with Crippen LogP contribution in [0.15, 0.2) is 0 Å². The van der Waals surface area contributed by atoms with Gasteiger partial charge in [0, 0.05) is 13.1 Å². The maximum Gasteiger partial charge on any atom is 0.218 e. The second-order valence-corrected chi connectivity index (χ2v) is 9.91. The molecule has 2 aliphatic rings. The normalized spacial score (nSPS) is 29.6. The molecule has 0 bridgehead atoms. The van der Waals surface area contributed by atoms with Crippen molar-refractivity contribution in [2.45, 2.75) is 24.5 Å². The lowest BCUT2D eigenvalue weighted by Gasteiger charge is -2.32. The predicted molar refractivity (Wildman–Crippen MR) is 74.2 cm³/mol. The van der Waals surface area contributed by atoms with Crippen LogP contribution in [0.4, 0.5) is 0 Å². The Hall–Kier alpha value is -0.180. The van der Waals surface area contributed by atoms with Crippen LogP contribution in [-0.2, 0) is 19.9 Å². The van der Waals surface area contributed by atoms with Gasteiger partial charge in [-0.2, -0.15) is 0 Å². The van der Waals surface area contributed by atoms with Gasteiger partial charge in [-0.3, -0.25) is 0 Å². The summed E-state index contributed by atoms with van der Waals surface area (Å²) in [6.07, 6.45) is 1.94.